The number of hydrogen-bond donors (Lipinski definition) is 0. The van der Waals surface area contributed by atoms with Gasteiger partial charge in [-0.2, -0.15) is 0 Å². The quantitative estimate of drug-likeness (QED) is 0.733. The van der Waals surface area contributed by atoms with E-state index in [1.165, 1.54) is 6.07 Å². The summed E-state index contributed by atoms with van der Waals surface area (Å²) in [5.41, 5.74) is 0.698. The van der Waals surface area contributed by atoms with Crippen molar-refractivity contribution in [3.8, 4) is 5.75 Å². The first-order valence-corrected chi connectivity index (χ1v) is 9.23. The molecule has 0 N–H and O–H groups in total. The molecule has 0 atom stereocenters. The van der Waals surface area contributed by atoms with Gasteiger partial charge in [-0.05, 0) is 24.6 Å². The Hall–Kier alpha value is -1.05. The second kappa shape index (κ2) is 6.37. The number of benzene rings is 1. The van der Waals surface area contributed by atoms with Crippen molar-refractivity contribution in [3.63, 3.8) is 0 Å². The molecule has 1 aromatic heterocycles. The monoisotopic (exact) mass is 392 g/mol. The van der Waals surface area contributed by atoms with E-state index >= 15 is 0 Å². The molecule has 5 nitrogen and oxygen atoms in total. The highest BCUT2D eigenvalue weighted by Gasteiger charge is 2.20. The van der Waals surface area contributed by atoms with Gasteiger partial charge in [0.05, 0.1) is 6.61 Å². The van der Waals surface area contributed by atoms with Crippen LogP contribution in [0.2, 0.25) is 0 Å². The summed E-state index contributed by atoms with van der Waals surface area (Å²) < 4.78 is 31.5. The van der Waals surface area contributed by atoms with E-state index in [0.717, 1.165) is 5.82 Å². The van der Waals surface area contributed by atoms with E-state index < -0.39 is 9.05 Å². The molecule has 1 aromatic carbocycles. The van der Waals surface area contributed by atoms with Crippen molar-refractivity contribution >= 4 is 35.7 Å². The van der Waals surface area contributed by atoms with E-state index in [1.807, 2.05) is 17.8 Å². The van der Waals surface area contributed by atoms with Crippen molar-refractivity contribution in [1.29, 1.82) is 0 Å². The van der Waals surface area contributed by atoms with E-state index in [2.05, 4.69) is 20.9 Å². The number of aryl methyl sites for hydroxylation is 2. The number of imidazole rings is 1. The Morgan fingerprint density at radius 2 is 2.14 bits per heavy atom. The van der Waals surface area contributed by atoms with Crippen LogP contribution in [-0.4, -0.2) is 24.6 Å². The average Bonchev–Trinajstić information content (AvgIpc) is 2.76. The van der Waals surface area contributed by atoms with Gasteiger partial charge in [0.25, 0.3) is 9.05 Å². The third-order valence-corrected chi connectivity index (χ3v) is 4.75. The Kier molecular flexibility index (Phi) is 4.95. The largest absolute Gasteiger partial charge is 0.491 e. The van der Waals surface area contributed by atoms with Crippen LogP contribution in [0.25, 0.3) is 0 Å². The second-order valence-electron chi connectivity index (χ2n) is 4.54. The Balaban J connectivity index is 2.22. The van der Waals surface area contributed by atoms with E-state index in [4.69, 9.17) is 15.4 Å². The van der Waals surface area contributed by atoms with Gasteiger partial charge in [0, 0.05) is 41.0 Å². The molecule has 0 amide bonds. The van der Waals surface area contributed by atoms with Gasteiger partial charge in [0.1, 0.15) is 16.5 Å². The Bertz CT molecular complexity index is 759. The zero-order chi connectivity index (χ0) is 15.6. The SMILES string of the molecule is Cc1cc(Br)cc(S(=O)(=O)Cl)c1OCCc1nccn1C. The van der Waals surface area contributed by atoms with Crippen molar-refractivity contribution in [2.75, 3.05) is 6.61 Å². The number of aromatic nitrogens is 2. The van der Waals surface area contributed by atoms with Gasteiger partial charge >= 0.3 is 0 Å². The van der Waals surface area contributed by atoms with Crippen LogP contribution in [0.15, 0.2) is 33.9 Å². The lowest BCUT2D eigenvalue weighted by Gasteiger charge is -2.13. The van der Waals surface area contributed by atoms with Crippen molar-refractivity contribution in [2.45, 2.75) is 18.2 Å². The first-order valence-electron chi connectivity index (χ1n) is 6.13. The molecular formula is C13H14BrClN2O3S. The Labute approximate surface area is 136 Å². The summed E-state index contributed by atoms with van der Waals surface area (Å²) >= 11 is 3.26. The Morgan fingerprint density at radius 1 is 1.43 bits per heavy atom. The smallest absolute Gasteiger partial charge is 0.265 e. The van der Waals surface area contributed by atoms with Crippen LogP contribution in [0.1, 0.15) is 11.4 Å². The molecule has 2 aromatic rings. The minimum atomic E-state index is -3.87. The maximum atomic E-state index is 11.7. The molecule has 1 heterocycles. The highest BCUT2D eigenvalue weighted by molar-refractivity contribution is 9.10. The van der Waals surface area contributed by atoms with Crippen LogP contribution in [-0.2, 0) is 22.5 Å². The fourth-order valence-corrected chi connectivity index (χ4v) is 3.72. The highest BCUT2D eigenvalue weighted by Crippen LogP contribution is 2.33. The van der Waals surface area contributed by atoms with Crippen molar-refractivity contribution in [3.05, 3.63) is 40.4 Å². The molecule has 2 rings (SSSR count). The number of halogens is 2. The molecule has 114 valence electrons. The molecule has 0 saturated heterocycles. The molecule has 21 heavy (non-hydrogen) atoms. The topological polar surface area (TPSA) is 61.2 Å². The molecular weight excluding hydrogens is 380 g/mol. The van der Waals surface area contributed by atoms with Crippen LogP contribution < -0.4 is 4.74 Å². The first kappa shape index (κ1) is 16.3. The molecule has 0 bridgehead atoms. The van der Waals surface area contributed by atoms with Gasteiger partial charge in [0.2, 0.25) is 0 Å². The van der Waals surface area contributed by atoms with Gasteiger partial charge in [0.15, 0.2) is 0 Å². The normalized spacial score (nSPS) is 11.6. The predicted octanol–water partition coefficient (Wildman–Crippen LogP) is 3.04. The average molecular weight is 394 g/mol. The second-order valence-corrected chi connectivity index (χ2v) is 7.99. The molecule has 0 radical (unpaired) electrons. The highest BCUT2D eigenvalue weighted by atomic mass is 79.9. The minimum Gasteiger partial charge on any atom is -0.491 e. The van der Waals surface area contributed by atoms with Crippen molar-refractivity contribution in [1.82, 2.24) is 9.55 Å². The fourth-order valence-electron chi connectivity index (χ4n) is 1.95. The first-order chi connectivity index (χ1) is 9.79. The summed E-state index contributed by atoms with van der Waals surface area (Å²) in [5, 5.41) is 0. The molecule has 0 spiro atoms. The van der Waals surface area contributed by atoms with E-state index in [0.29, 0.717) is 23.1 Å². The predicted molar refractivity (Wildman–Crippen MR) is 84.3 cm³/mol. The molecule has 0 saturated carbocycles. The zero-order valence-electron chi connectivity index (χ0n) is 11.5. The summed E-state index contributed by atoms with van der Waals surface area (Å²) in [6.45, 7) is 2.08. The van der Waals surface area contributed by atoms with Crippen LogP contribution in [0, 0.1) is 6.92 Å². The van der Waals surface area contributed by atoms with E-state index in [1.54, 1.807) is 19.2 Å². The number of ether oxygens (including phenoxy) is 1. The summed E-state index contributed by atoms with van der Waals surface area (Å²) in [5.74, 6) is 1.14. The van der Waals surface area contributed by atoms with Crippen LogP contribution in [0.5, 0.6) is 5.75 Å². The van der Waals surface area contributed by atoms with Crippen molar-refractivity contribution in [2.24, 2.45) is 7.05 Å². The summed E-state index contributed by atoms with van der Waals surface area (Å²) in [6, 6.07) is 3.22. The van der Waals surface area contributed by atoms with Crippen LogP contribution in [0.4, 0.5) is 0 Å². The third-order valence-electron chi connectivity index (χ3n) is 2.96. The summed E-state index contributed by atoms with van der Waals surface area (Å²) in [4.78, 5) is 4.15. The number of hydrogen-bond acceptors (Lipinski definition) is 4. The van der Waals surface area contributed by atoms with Crippen molar-refractivity contribution < 1.29 is 13.2 Å². The molecule has 0 fully saturated rings. The molecule has 0 aliphatic heterocycles. The molecule has 0 aliphatic carbocycles. The molecule has 8 heteroatoms. The molecule has 0 unspecified atom stereocenters. The van der Waals surface area contributed by atoms with Gasteiger partial charge in [-0.25, -0.2) is 13.4 Å². The minimum absolute atomic E-state index is 0.0316. The lowest BCUT2D eigenvalue weighted by molar-refractivity contribution is 0.307. The summed E-state index contributed by atoms with van der Waals surface area (Å²) in [7, 11) is 3.48. The zero-order valence-corrected chi connectivity index (χ0v) is 14.7. The van der Waals surface area contributed by atoms with Crippen LogP contribution >= 0.6 is 26.6 Å². The molecule has 0 aliphatic rings. The van der Waals surface area contributed by atoms with Gasteiger partial charge in [-0.15, -0.1) is 0 Å². The third kappa shape index (κ3) is 3.99. The van der Waals surface area contributed by atoms with E-state index in [9.17, 15) is 8.42 Å². The maximum Gasteiger partial charge on any atom is 0.265 e. The van der Waals surface area contributed by atoms with Gasteiger partial charge < -0.3 is 9.30 Å². The van der Waals surface area contributed by atoms with Gasteiger partial charge in [-0.1, -0.05) is 15.9 Å². The maximum absolute atomic E-state index is 11.7. The number of rotatable bonds is 5. The Morgan fingerprint density at radius 3 is 2.71 bits per heavy atom. The van der Waals surface area contributed by atoms with Gasteiger partial charge in [-0.3, -0.25) is 0 Å². The van der Waals surface area contributed by atoms with Crippen LogP contribution in [0.3, 0.4) is 0 Å². The summed E-state index contributed by atoms with van der Waals surface area (Å²) in [6.07, 6.45) is 4.12. The lowest BCUT2D eigenvalue weighted by Crippen LogP contribution is -2.09. The fraction of sp³-hybridized carbons (Fsp3) is 0.308. The number of nitrogens with zero attached hydrogens (tertiary/aromatic N) is 2. The standard InChI is InChI=1S/C13H14BrClN2O3S/c1-9-7-10(14)8-11(21(15,18)19)13(9)20-6-3-12-16-4-5-17(12)2/h4-5,7-8H,3,6H2,1-2H3. The lowest BCUT2D eigenvalue weighted by atomic mass is 10.2. The van der Waals surface area contributed by atoms with E-state index in [-0.39, 0.29) is 10.6 Å².